The number of pyridine rings is 1. The van der Waals surface area contributed by atoms with Crippen LogP contribution < -0.4 is 5.73 Å². The Morgan fingerprint density at radius 3 is 2.59 bits per heavy atom. The highest BCUT2D eigenvalue weighted by Crippen LogP contribution is 2.19. The molecule has 0 aliphatic rings. The normalized spacial score (nSPS) is 12.4. The topological polar surface area (TPSA) is 59.1 Å². The molecule has 0 amide bonds. The first kappa shape index (κ1) is 11.8. The molecule has 1 aromatic heterocycles. The molecule has 0 fully saturated rings. The number of aliphatic hydroxyl groups is 1. The zero-order valence-electron chi connectivity index (χ0n) is 9.58. The van der Waals surface area contributed by atoms with Gasteiger partial charge in [-0.05, 0) is 35.2 Å². The van der Waals surface area contributed by atoms with E-state index in [9.17, 15) is 0 Å². The molecule has 3 heteroatoms. The number of nitrogens with two attached hydrogens (primary N) is 1. The maximum Gasteiger partial charge on any atom is 0.0585 e. The molecular weight excluding hydrogens is 212 g/mol. The average Bonchev–Trinajstić information content (AvgIpc) is 2.40. The Kier molecular flexibility index (Phi) is 3.85. The highest BCUT2D eigenvalue weighted by atomic mass is 16.3. The van der Waals surface area contributed by atoms with E-state index in [-0.39, 0.29) is 12.6 Å². The van der Waals surface area contributed by atoms with Crippen LogP contribution in [0.1, 0.15) is 5.56 Å². The third-order valence-corrected chi connectivity index (χ3v) is 2.67. The van der Waals surface area contributed by atoms with Crippen LogP contribution in [0.2, 0.25) is 0 Å². The fourth-order valence-electron chi connectivity index (χ4n) is 1.79. The molecule has 1 heterocycles. The van der Waals surface area contributed by atoms with Gasteiger partial charge in [0.2, 0.25) is 0 Å². The molecule has 1 aromatic carbocycles. The van der Waals surface area contributed by atoms with Crippen LogP contribution in [0, 0.1) is 0 Å². The Labute approximate surface area is 101 Å². The number of hydrogen-bond donors (Lipinski definition) is 2. The minimum Gasteiger partial charge on any atom is -0.395 e. The molecule has 0 aliphatic heterocycles. The van der Waals surface area contributed by atoms with Crippen molar-refractivity contribution < 1.29 is 5.11 Å². The Bertz CT molecular complexity index is 471. The summed E-state index contributed by atoms with van der Waals surface area (Å²) in [6.45, 7) is 0.0134. The van der Waals surface area contributed by atoms with Gasteiger partial charge in [0.15, 0.2) is 0 Å². The van der Waals surface area contributed by atoms with Gasteiger partial charge in [0, 0.05) is 18.4 Å². The quantitative estimate of drug-likeness (QED) is 0.835. The Morgan fingerprint density at radius 2 is 1.88 bits per heavy atom. The predicted molar refractivity (Wildman–Crippen MR) is 68.4 cm³/mol. The molecule has 1 unspecified atom stereocenters. The standard InChI is InChI=1S/C14H16N2O/c15-14(10-17)9-11-2-1-3-13(8-11)12-4-6-16-7-5-12/h1-8,14,17H,9-10,15H2. The number of benzene rings is 1. The zero-order chi connectivity index (χ0) is 12.1. The molecular formula is C14H16N2O. The van der Waals surface area contributed by atoms with Gasteiger partial charge in [-0.25, -0.2) is 0 Å². The van der Waals surface area contributed by atoms with E-state index in [0.717, 1.165) is 16.7 Å². The second-order valence-corrected chi connectivity index (χ2v) is 4.08. The van der Waals surface area contributed by atoms with Gasteiger partial charge in [-0.2, -0.15) is 0 Å². The summed E-state index contributed by atoms with van der Waals surface area (Å²) in [5.74, 6) is 0. The molecule has 1 atom stereocenters. The lowest BCUT2D eigenvalue weighted by Gasteiger charge is -2.09. The third kappa shape index (κ3) is 3.12. The zero-order valence-corrected chi connectivity index (χ0v) is 9.58. The smallest absolute Gasteiger partial charge is 0.0585 e. The first-order valence-corrected chi connectivity index (χ1v) is 5.65. The molecule has 3 N–H and O–H groups in total. The van der Waals surface area contributed by atoms with Crippen LogP contribution in [0.3, 0.4) is 0 Å². The summed E-state index contributed by atoms with van der Waals surface area (Å²) in [4.78, 5) is 4.00. The molecule has 3 nitrogen and oxygen atoms in total. The lowest BCUT2D eigenvalue weighted by atomic mass is 10.0. The summed E-state index contributed by atoms with van der Waals surface area (Å²) < 4.78 is 0. The van der Waals surface area contributed by atoms with E-state index >= 15 is 0 Å². The van der Waals surface area contributed by atoms with E-state index in [1.54, 1.807) is 12.4 Å². The summed E-state index contributed by atoms with van der Waals surface area (Å²) in [5, 5.41) is 8.95. The van der Waals surface area contributed by atoms with Crippen molar-refractivity contribution in [1.29, 1.82) is 0 Å². The summed E-state index contributed by atoms with van der Waals surface area (Å²) in [6, 6.07) is 12.0. The summed E-state index contributed by atoms with van der Waals surface area (Å²) >= 11 is 0. The van der Waals surface area contributed by atoms with Crippen molar-refractivity contribution in [2.24, 2.45) is 5.73 Å². The lowest BCUT2D eigenvalue weighted by Crippen LogP contribution is -2.26. The molecule has 0 spiro atoms. The Hall–Kier alpha value is -1.71. The molecule has 17 heavy (non-hydrogen) atoms. The maximum absolute atomic E-state index is 8.95. The summed E-state index contributed by atoms with van der Waals surface area (Å²) in [6.07, 6.45) is 4.25. The van der Waals surface area contributed by atoms with Crippen molar-refractivity contribution in [3.8, 4) is 11.1 Å². The average molecular weight is 228 g/mol. The van der Waals surface area contributed by atoms with Crippen LogP contribution in [0.5, 0.6) is 0 Å². The maximum atomic E-state index is 8.95. The van der Waals surface area contributed by atoms with E-state index in [1.165, 1.54) is 0 Å². The lowest BCUT2D eigenvalue weighted by molar-refractivity contribution is 0.265. The summed E-state index contributed by atoms with van der Waals surface area (Å²) in [5.41, 5.74) is 9.16. The van der Waals surface area contributed by atoms with Gasteiger partial charge in [-0.15, -0.1) is 0 Å². The number of aliphatic hydroxyl groups excluding tert-OH is 1. The first-order valence-electron chi connectivity index (χ1n) is 5.65. The van der Waals surface area contributed by atoms with Gasteiger partial charge in [-0.1, -0.05) is 24.3 Å². The van der Waals surface area contributed by atoms with Crippen molar-refractivity contribution in [3.63, 3.8) is 0 Å². The van der Waals surface area contributed by atoms with Gasteiger partial charge in [-0.3, -0.25) is 4.98 Å². The molecule has 2 aromatic rings. The number of rotatable bonds is 4. The van der Waals surface area contributed by atoms with Crippen molar-refractivity contribution in [3.05, 3.63) is 54.4 Å². The first-order chi connectivity index (χ1) is 8.29. The molecule has 0 saturated heterocycles. The second-order valence-electron chi connectivity index (χ2n) is 4.08. The van der Waals surface area contributed by atoms with Gasteiger partial charge >= 0.3 is 0 Å². The largest absolute Gasteiger partial charge is 0.395 e. The van der Waals surface area contributed by atoms with Crippen LogP contribution in [-0.2, 0) is 6.42 Å². The van der Waals surface area contributed by atoms with E-state index in [0.29, 0.717) is 6.42 Å². The van der Waals surface area contributed by atoms with Gasteiger partial charge in [0.25, 0.3) is 0 Å². The Balaban J connectivity index is 2.23. The SMILES string of the molecule is NC(CO)Cc1cccc(-c2ccncc2)c1. The molecule has 0 radical (unpaired) electrons. The van der Waals surface area contributed by atoms with Crippen LogP contribution in [-0.4, -0.2) is 22.7 Å². The van der Waals surface area contributed by atoms with Crippen LogP contribution in [0.4, 0.5) is 0 Å². The van der Waals surface area contributed by atoms with E-state index in [2.05, 4.69) is 17.1 Å². The van der Waals surface area contributed by atoms with Crippen LogP contribution in [0.25, 0.3) is 11.1 Å². The molecule has 0 aliphatic carbocycles. The van der Waals surface area contributed by atoms with Gasteiger partial charge < -0.3 is 10.8 Å². The third-order valence-electron chi connectivity index (χ3n) is 2.67. The fourth-order valence-corrected chi connectivity index (χ4v) is 1.79. The Morgan fingerprint density at radius 1 is 1.12 bits per heavy atom. The molecule has 0 bridgehead atoms. The second kappa shape index (κ2) is 5.57. The van der Waals surface area contributed by atoms with Crippen molar-refractivity contribution >= 4 is 0 Å². The van der Waals surface area contributed by atoms with E-state index in [1.807, 2.05) is 24.3 Å². The minimum absolute atomic E-state index is 0.0134. The van der Waals surface area contributed by atoms with Crippen LogP contribution >= 0.6 is 0 Å². The van der Waals surface area contributed by atoms with Crippen molar-refractivity contribution in [2.75, 3.05) is 6.61 Å². The number of aromatic nitrogens is 1. The van der Waals surface area contributed by atoms with E-state index in [4.69, 9.17) is 10.8 Å². The van der Waals surface area contributed by atoms with Gasteiger partial charge in [0.1, 0.15) is 0 Å². The van der Waals surface area contributed by atoms with Crippen molar-refractivity contribution in [1.82, 2.24) is 4.98 Å². The highest BCUT2D eigenvalue weighted by molar-refractivity contribution is 5.63. The number of hydrogen-bond acceptors (Lipinski definition) is 3. The summed E-state index contributed by atoms with van der Waals surface area (Å²) in [7, 11) is 0. The monoisotopic (exact) mass is 228 g/mol. The minimum atomic E-state index is -0.192. The molecule has 2 rings (SSSR count). The highest BCUT2D eigenvalue weighted by Gasteiger charge is 2.03. The van der Waals surface area contributed by atoms with E-state index < -0.39 is 0 Å². The molecule has 0 saturated carbocycles. The fraction of sp³-hybridized carbons (Fsp3) is 0.214. The van der Waals surface area contributed by atoms with Crippen LogP contribution in [0.15, 0.2) is 48.8 Å². The molecule has 88 valence electrons. The predicted octanol–water partition coefficient (Wildman–Crippen LogP) is 1.61. The number of nitrogens with zero attached hydrogens (tertiary/aromatic N) is 1. The van der Waals surface area contributed by atoms with Gasteiger partial charge in [0.05, 0.1) is 6.61 Å². The van der Waals surface area contributed by atoms with Crippen molar-refractivity contribution in [2.45, 2.75) is 12.5 Å².